The Morgan fingerprint density at radius 3 is 2.18 bits per heavy atom. The molecule has 2 aliphatic rings. The lowest BCUT2D eigenvalue weighted by Crippen LogP contribution is -2.47. The molecule has 0 spiro atoms. The van der Waals surface area contributed by atoms with Crippen LogP contribution in [0.4, 0.5) is 18.9 Å². The summed E-state index contributed by atoms with van der Waals surface area (Å²) in [5.74, 6) is -1.19. The number of aryl methyl sites for hydroxylation is 2. The number of likely N-dealkylation sites (N-methyl/N-ethyl adjacent to an activating group) is 1. The van der Waals surface area contributed by atoms with Crippen molar-refractivity contribution in [3.63, 3.8) is 0 Å². The predicted octanol–water partition coefficient (Wildman–Crippen LogP) is 4.24. The minimum absolute atomic E-state index is 0.0802. The minimum atomic E-state index is -4.58. The van der Waals surface area contributed by atoms with Gasteiger partial charge in [0.05, 0.1) is 16.8 Å². The van der Waals surface area contributed by atoms with Crippen molar-refractivity contribution < 1.29 is 22.8 Å². The average Bonchev–Trinajstić information content (AvgIpc) is 3.05. The largest absolute Gasteiger partial charge is 0.416 e. The van der Waals surface area contributed by atoms with Crippen LogP contribution < -0.4 is 4.90 Å². The maximum atomic E-state index is 13.6. The van der Waals surface area contributed by atoms with Crippen LogP contribution in [0.2, 0.25) is 0 Å². The highest BCUT2D eigenvalue weighted by molar-refractivity contribution is 6.45. The fourth-order valence-electron chi connectivity index (χ4n) is 4.31. The number of carbonyl (C=O) groups excluding carboxylic acids is 2. The second-order valence-electron chi connectivity index (χ2n) is 8.44. The van der Waals surface area contributed by atoms with Crippen molar-refractivity contribution >= 4 is 23.1 Å². The minimum Gasteiger partial charge on any atom is -0.364 e. The number of imide groups is 1. The van der Waals surface area contributed by atoms with Crippen LogP contribution in [0.5, 0.6) is 0 Å². The summed E-state index contributed by atoms with van der Waals surface area (Å²) in [6.07, 6.45) is -4.58. The van der Waals surface area contributed by atoms with Crippen LogP contribution in [0.25, 0.3) is 5.57 Å². The number of rotatable bonds is 4. The van der Waals surface area contributed by atoms with Crippen molar-refractivity contribution in [2.75, 3.05) is 37.6 Å². The lowest BCUT2D eigenvalue weighted by atomic mass is 9.99. The Morgan fingerprint density at radius 1 is 0.879 bits per heavy atom. The number of amides is 2. The van der Waals surface area contributed by atoms with Gasteiger partial charge in [-0.25, -0.2) is 4.90 Å². The maximum Gasteiger partial charge on any atom is 0.416 e. The number of anilines is 1. The highest BCUT2D eigenvalue weighted by Gasteiger charge is 2.43. The van der Waals surface area contributed by atoms with Gasteiger partial charge in [0.15, 0.2) is 0 Å². The molecule has 2 aromatic rings. The van der Waals surface area contributed by atoms with Gasteiger partial charge in [-0.2, -0.15) is 13.2 Å². The molecule has 2 amide bonds. The number of hydrogen-bond donors (Lipinski definition) is 0. The van der Waals surface area contributed by atoms with Crippen molar-refractivity contribution in [3.05, 3.63) is 70.4 Å². The first-order chi connectivity index (χ1) is 15.6. The van der Waals surface area contributed by atoms with E-state index in [1.54, 1.807) is 6.07 Å². The summed E-state index contributed by atoms with van der Waals surface area (Å²) in [4.78, 5) is 32.2. The quantitative estimate of drug-likeness (QED) is 0.645. The number of halogens is 3. The molecular weight excluding hydrogens is 431 g/mol. The van der Waals surface area contributed by atoms with Gasteiger partial charge in [-0.1, -0.05) is 31.2 Å². The Balaban J connectivity index is 1.80. The van der Waals surface area contributed by atoms with Gasteiger partial charge in [0, 0.05) is 26.2 Å². The van der Waals surface area contributed by atoms with Gasteiger partial charge in [-0.3, -0.25) is 9.59 Å². The van der Waals surface area contributed by atoms with E-state index in [0.717, 1.165) is 47.8 Å². The van der Waals surface area contributed by atoms with Crippen molar-refractivity contribution in [2.45, 2.75) is 26.9 Å². The van der Waals surface area contributed by atoms with Crippen LogP contribution in [-0.4, -0.2) is 54.3 Å². The van der Waals surface area contributed by atoms with E-state index in [1.165, 1.54) is 12.1 Å². The van der Waals surface area contributed by atoms with Gasteiger partial charge in [0.2, 0.25) is 0 Å². The standard InChI is InChI=1S/C25H26F3N3O2/c1-4-29-10-12-30(13-11-29)22-21(18-9-8-16(2)17(3)14-18)23(32)31(24(22)33)20-7-5-6-19(15-20)25(26,27)28/h5-9,14-15H,4,10-13H2,1-3H3. The molecule has 2 aliphatic heterocycles. The smallest absolute Gasteiger partial charge is 0.364 e. The van der Waals surface area contributed by atoms with Crippen LogP contribution >= 0.6 is 0 Å². The maximum absolute atomic E-state index is 13.6. The Kier molecular flexibility index (Phi) is 6.05. The SMILES string of the molecule is CCN1CCN(C2=C(c3ccc(C)c(C)c3)C(=O)N(c3cccc(C(F)(F)F)c3)C2=O)CC1. The van der Waals surface area contributed by atoms with Gasteiger partial charge in [-0.05, 0) is 55.3 Å². The van der Waals surface area contributed by atoms with Gasteiger partial charge in [0.25, 0.3) is 11.8 Å². The summed E-state index contributed by atoms with van der Waals surface area (Å²) in [6.45, 7) is 9.44. The Morgan fingerprint density at radius 2 is 1.58 bits per heavy atom. The molecule has 1 saturated heterocycles. The molecule has 5 nitrogen and oxygen atoms in total. The number of carbonyl (C=O) groups is 2. The van der Waals surface area contributed by atoms with Crippen molar-refractivity contribution in [1.29, 1.82) is 0 Å². The fourth-order valence-corrected chi connectivity index (χ4v) is 4.31. The van der Waals surface area contributed by atoms with Crippen molar-refractivity contribution in [1.82, 2.24) is 9.80 Å². The molecule has 0 aliphatic carbocycles. The van der Waals surface area contributed by atoms with Gasteiger partial charge in [-0.15, -0.1) is 0 Å². The molecule has 8 heteroatoms. The zero-order valence-corrected chi connectivity index (χ0v) is 18.9. The molecule has 2 aromatic carbocycles. The van der Waals surface area contributed by atoms with Crippen LogP contribution in [0.1, 0.15) is 29.2 Å². The molecule has 0 N–H and O–H groups in total. The molecular formula is C25H26F3N3O2. The Labute approximate surface area is 191 Å². The van der Waals surface area contributed by atoms with Crippen LogP contribution in [0, 0.1) is 13.8 Å². The van der Waals surface area contributed by atoms with Crippen LogP contribution in [0.15, 0.2) is 48.2 Å². The zero-order chi connectivity index (χ0) is 23.9. The molecule has 1 fully saturated rings. The van der Waals surface area contributed by atoms with E-state index in [9.17, 15) is 22.8 Å². The van der Waals surface area contributed by atoms with E-state index >= 15 is 0 Å². The summed E-state index contributed by atoms with van der Waals surface area (Å²) >= 11 is 0. The summed E-state index contributed by atoms with van der Waals surface area (Å²) in [6, 6.07) is 9.89. The van der Waals surface area contributed by atoms with E-state index in [0.29, 0.717) is 18.7 Å². The predicted molar refractivity (Wildman–Crippen MR) is 120 cm³/mol. The molecule has 0 radical (unpaired) electrons. The molecule has 0 unspecified atom stereocenters. The molecule has 174 valence electrons. The number of nitrogens with zero attached hydrogens (tertiary/aromatic N) is 3. The summed E-state index contributed by atoms with van der Waals surface area (Å²) in [7, 11) is 0. The number of alkyl halides is 3. The molecule has 4 rings (SSSR count). The third kappa shape index (κ3) is 4.27. The van der Waals surface area contributed by atoms with Gasteiger partial charge in [0.1, 0.15) is 5.70 Å². The monoisotopic (exact) mass is 457 g/mol. The third-order valence-corrected chi connectivity index (χ3v) is 6.42. The van der Waals surface area contributed by atoms with E-state index < -0.39 is 23.6 Å². The summed E-state index contributed by atoms with van der Waals surface area (Å²) < 4.78 is 39.9. The third-order valence-electron chi connectivity index (χ3n) is 6.42. The summed E-state index contributed by atoms with van der Waals surface area (Å²) in [5, 5.41) is 0. The highest BCUT2D eigenvalue weighted by Crippen LogP contribution is 2.38. The average molecular weight is 457 g/mol. The molecule has 2 heterocycles. The van der Waals surface area contributed by atoms with Crippen LogP contribution in [-0.2, 0) is 15.8 Å². The second kappa shape index (κ2) is 8.67. The fraction of sp³-hybridized carbons (Fsp3) is 0.360. The van der Waals surface area contributed by atoms with Crippen molar-refractivity contribution in [2.24, 2.45) is 0 Å². The molecule has 0 aromatic heterocycles. The molecule has 0 saturated carbocycles. The van der Waals surface area contributed by atoms with Crippen molar-refractivity contribution in [3.8, 4) is 0 Å². The molecule has 33 heavy (non-hydrogen) atoms. The number of benzene rings is 2. The first-order valence-corrected chi connectivity index (χ1v) is 11.0. The highest BCUT2D eigenvalue weighted by atomic mass is 19.4. The summed E-state index contributed by atoms with van der Waals surface area (Å²) in [5.41, 5.74) is 2.12. The van der Waals surface area contributed by atoms with Gasteiger partial charge >= 0.3 is 6.18 Å². The first kappa shape index (κ1) is 23.0. The normalized spacial score (nSPS) is 18.0. The van der Waals surface area contributed by atoms with E-state index in [2.05, 4.69) is 11.8 Å². The van der Waals surface area contributed by atoms with E-state index in [-0.39, 0.29) is 17.0 Å². The van der Waals surface area contributed by atoms with Crippen LogP contribution in [0.3, 0.4) is 0 Å². The topological polar surface area (TPSA) is 43.9 Å². The van der Waals surface area contributed by atoms with E-state index in [4.69, 9.17) is 0 Å². The number of hydrogen-bond acceptors (Lipinski definition) is 4. The zero-order valence-electron chi connectivity index (χ0n) is 18.9. The lowest BCUT2D eigenvalue weighted by Gasteiger charge is -2.36. The molecule has 0 atom stereocenters. The Hall–Kier alpha value is -3.13. The second-order valence-corrected chi connectivity index (χ2v) is 8.44. The first-order valence-electron chi connectivity index (χ1n) is 11.0. The van der Waals surface area contributed by atoms with E-state index in [1.807, 2.05) is 30.9 Å². The lowest BCUT2D eigenvalue weighted by molar-refractivity contribution is -0.137. The van der Waals surface area contributed by atoms with Gasteiger partial charge < -0.3 is 9.80 Å². The molecule has 0 bridgehead atoms. The Bertz CT molecular complexity index is 1130. The number of piperazine rings is 1.